The minimum Gasteiger partial charge on any atom is -0.464 e. The van der Waals surface area contributed by atoms with Gasteiger partial charge < -0.3 is 4.74 Å². The van der Waals surface area contributed by atoms with Crippen molar-refractivity contribution in [2.24, 2.45) is 0 Å². The van der Waals surface area contributed by atoms with Crippen molar-refractivity contribution in [1.29, 1.82) is 0 Å². The van der Waals surface area contributed by atoms with Gasteiger partial charge in [0.15, 0.2) is 5.69 Å². The predicted molar refractivity (Wildman–Crippen MR) is 55.4 cm³/mol. The number of carbonyl (C=O) groups is 1. The van der Waals surface area contributed by atoms with E-state index in [9.17, 15) is 4.79 Å². The number of nitrogens with zero attached hydrogens (tertiary/aromatic N) is 1. The summed E-state index contributed by atoms with van der Waals surface area (Å²) in [5.41, 5.74) is 1.66. The highest BCUT2D eigenvalue weighted by atomic mass is 35.5. The first-order valence-corrected chi connectivity index (χ1v) is 4.35. The zero-order valence-electron chi connectivity index (χ0n) is 8.00. The molecule has 1 aromatic rings. The zero-order chi connectivity index (χ0) is 10.7. The molecule has 0 fully saturated rings. The van der Waals surface area contributed by atoms with Gasteiger partial charge in [-0.25, -0.2) is 9.78 Å². The number of methoxy groups -OCH3 is 1. The Kier molecular flexibility index (Phi) is 3.25. The maximum atomic E-state index is 11.2. The fourth-order valence-electron chi connectivity index (χ4n) is 1.06. The van der Waals surface area contributed by atoms with Crippen molar-refractivity contribution >= 4 is 23.6 Å². The van der Waals surface area contributed by atoms with Gasteiger partial charge in [-0.15, -0.1) is 0 Å². The third-order valence-corrected chi connectivity index (χ3v) is 2.10. The molecular formula is C10H10ClNO2. The minimum absolute atomic E-state index is 0.239. The molecule has 0 aliphatic heterocycles. The molecule has 1 aromatic heterocycles. The summed E-state index contributed by atoms with van der Waals surface area (Å²) >= 11 is 5.81. The Morgan fingerprint density at radius 1 is 1.71 bits per heavy atom. The normalized spacial score (nSPS) is 9.64. The summed E-state index contributed by atoms with van der Waals surface area (Å²) in [6, 6.07) is 1.74. The van der Waals surface area contributed by atoms with Crippen LogP contribution in [-0.2, 0) is 4.74 Å². The van der Waals surface area contributed by atoms with Gasteiger partial charge in [-0.1, -0.05) is 24.3 Å². The number of rotatable bonds is 2. The van der Waals surface area contributed by atoms with Crippen LogP contribution in [0.1, 0.15) is 21.6 Å². The number of halogens is 1. The first-order chi connectivity index (χ1) is 6.60. The molecule has 0 aliphatic carbocycles. The third kappa shape index (κ3) is 1.93. The lowest BCUT2D eigenvalue weighted by Gasteiger charge is -2.05. The highest BCUT2D eigenvalue weighted by Gasteiger charge is 2.13. The van der Waals surface area contributed by atoms with E-state index in [2.05, 4.69) is 16.3 Å². The van der Waals surface area contributed by atoms with Gasteiger partial charge in [-0.2, -0.15) is 0 Å². The Balaban J connectivity index is 3.28. The van der Waals surface area contributed by atoms with Gasteiger partial charge in [-0.3, -0.25) is 0 Å². The van der Waals surface area contributed by atoms with E-state index in [1.807, 2.05) is 0 Å². The number of pyridine rings is 1. The monoisotopic (exact) mass is 211 g/mol. The Bertz CT molecular complexity index is 388. The van der Waals surface area contributed by atoms with Crippen LogP contribution < -0.4 is 0 Å². The number of aromatic nitrogens is 1. The summed E-state index contributed by atoms with van der Waals surface area (Å²) in [5, 5.41) is 0.256. The van der Waals surface area contributed by atoms with Crippen LogP contribution in [0.4, 0.5) is 0 Å². The lowest BCUT2D eigenvalue weighted by molar-refractivity contribution is 0.0593. The van der Waals surface area contributed by atoms with E-state index < -0.39 is 5.97 Å². The van der Waals surface area contributed by atoms with Gasteiger partial charge in [-0.05, 0) is 18.6 Å². The molecule has 0 atom stereocenters. The van der Waals surface area contributed by atoms with Gasteiger partial charge in [0.1, 0.15) is 5.15 Å². The Morgan fingerprint density at radius 3 is 2.86 bits per heavy atom. The second-order valence-electron chi connectivity index (χ2n) is 2.73. The summed E-state index contributed by atoms with van der Waals surface area (Å²) in [6.07, 6.45) is 1.59. The maximum absolute atomic E-state index is 11.2. The highest BCUT2D eigenvalue weighted by molar-refractivity contribution is 6.31. The largest absolute Gasteiger partial charge is 0.464 e. The molecule has 74 valence electrons. The third-order valence-electron chi connectivity index (χ3n) is 1.79. The SMILES string of the molecule is C=Cc1cc(C)c(C(=O)OC)nc1Cl. The fraction of sp³-hybridized carbons (Fsp3) is 0.200. The van der Waals surface area contributed by atoms with Crippen molar-refractivity contribution in [2.45, 2.75) is 6.92 Å². The molecule has 3 nitrogen and oxygen atoms in total. The molecule has 14 heavy (non-hydrogen) atoms. The van der Waals surface area contributed by atoms with Gasteiger partial charge in [0.05, 0.1) is 7.11 Å². The van der Waals surface area contributed by atoms with Crippen LogP contribution in [0.15, 0.2) is 12.6 Å². The number of ether oxygens (including phenoxy) is 1. The lowest BCUT2D eigenvalue weighted by atomic mass is 10.1. The second-order valence-corrected chi connectivity index (χ2v) is 3.09. The van der Waals surface area contributed by atoms with Crippen molar-refractivity contribution in [3.8, 4) is 0 Å². The summed E-state index contributed by atoms with van der Waals surface area (Å²) in [6.45, 7) is 5.35. The van der Waals surface area contributed by atoms with Crippen molar-refractivity contribution < 1.29 is 9.53 Å². The molecule has 0 N–H and O–H groups in total. The number of aryl methyl sites for hydroxylation is 1. The number of hydrogen-bond acceptors (Lipinski definition) is 3. The molecule has 4 heteroatoms. The number of hydrogen-bond donors (Lipinski definition) is 0. The second kappa shape index (κ2) is 4.24. The Morgan fingerprint density at radius 2 is 2.36 bits per heavy atom. The first-order valence-electron chi connectivity index (χ1n) is 3.98. The Labute approximate surface area is 87.4 Å². The van der Waals surface area contributed by atoms with Crippen LogP contribution in [0.5, 0.6) is 0 Å². The van der Waals surface area contributed by atoms with Crippen LogP contribution in [0.2, 0.25) is 5.15 Å². The van der Waals surface area contributed by atoms with E-state index in [1.54, 1.807) is 19.1 Å². The molecule has 0 radical (unpaired) electrons. The standard InChI is InChI=1S/C10H10ClNO2/c1-4-7-5-6(2)8(10(13)14-3)12-9(7)11/h4-5H,1H2,2-3H3. The predicted octanol–water partition coefficient (Wildman–Crippen LogP) is 2.47. The smallest absolute Gasteiger partial charge is 0.356 e. The highest BCUT2D eigenvalue weighted by Crippen LogP contribution is 2.18. The lowest BCUT2D eigenvalue weighted by Crippen LogP contribution is -2.07. The molecule has 0 unspecified atom stereocenters. The molecule has 1 rings (SSSR count). The van der Waals surface area contributed by atoms with Crippen LogP contribution in [-0.4, -0.2) is 18.1 Å². The van der Waals surface area contributed by atoms with Gasteiger partial charge in [0.25, 0.3) is 0 Å². The summed E-state index contributed by atoms with van der Waals surface area (Å²) < 4.78 is 4.56. The van der Waals surface area contributed by atoms with E-state index in [0.717, 1.165) is 5.56 Å². The van der Waals surface area contributed by atoms with Gasteiger partial charge >= 0.3 is 5.97 Å². The minimum atomic E-state index is -0.486. The van der Waals surface area contributed by atoms with E-state index >= 15 is 0 Å². The van der Waals surface area contributed by atoms with Crippen molar-refractivity contribution in [3.63, 3.8) is 0 Å². The van der Waals surface area contributed by atoms with E-state index in [1.165, 1.54) is 7.11 Å². The van der Waals surface area contributed by atoms with Gasteiger partial charge in [0.2, 0.25) is 0 Å². The molecule has 0 amide bonds. The molecule has 0 spiro atoms. The molecule has 0 saturated carbocycles. The number of carbonyl (C=O) groups excluding carboxylic acids is 1. The fourth-order valence-corrected chi connectivity index (χ4v) is 1.27. The quantitative estimate of drug-likeness (QED) is 0.557. The molecule has 0 bridgehead atoms. The molecule has 0 aromatic carbocycles. The van der Waals surface area contributed by atoms with Crippen LogP contribution >= 0.6 is 11.6 Å². The topological polar surface area (TPSA) is 39.2 Å². The Hall–Kier alpha value is -1.35. The van der Waals surface area contributed by atoms with Crippen LogP contribution in [0.25, 0.3) is 6.08 Å². The number of esters is 1. The summed E-state index contributed by atoms with van der Waals surface area (Å²) in [4.78, 5) is 15.2. The van der Waals surface area contributed by atoms with E-state index in [-0.39, 0.29) is 10.8 Å². The van der Waals surface area contributed by atoms with Crippen molar-refractivity contribution in [3.05, 3.63) is 34.6 Å². The van der Waals surface area contributed by atoms with Crippen LogP contribution in [0.3, 0.4) is 0 Å². The maximum Gasteiger partial charge on any atom is 0.356 e. The van der Waals surface area contributed by atoms with E-state index in [0.29, 0.717) is 5.56 Å². The van der Waals surface area contributed by atoms with Crippen LogP contribution in [0, 0.1) is 6.92 Å². The average Bonchev–Trinajstić information content (AvgIpc) is 2.19. The zero-order valence-corrected chi connectivity index (χ0v) is 8.76. The first kappa shape index (κ1) is 10.7. The summed E-state index contributed by atoms with van der Waals surface area (Å²) in [5.74, 6) is -0.486. The van der Waals surface area contributed by atoms with Gasteiger partial charge in [0, 0.05) is 5.56 Å². The molecule has 0 saturated heterocycles. The summed E-state index contributed by atoms with van der Waals surface area (Å²) in [7, 11) is 1.30. The molecule has 0 aliphatic rings. The molecule has 1 heterocycles. The van der Waals surface area contributed by atoms with Crippen molar-refractivity contribution in [2.75, 3.05) is 7.11 Å². The molecular weight excluding hydrogens is 202 g/mol. The average molecular weight is 212 g/mol. The van der Waals surface area contributed by atoms with E-state index in [4.69, 9.17) is 11.6 Å². The van der Waals surface area contributed by atoms with Crippen molar-refractivity contribution in [1.82, 2.24) is 4.98 Å².